The highest BCUT2D eigenvalue weighted by atomic mass is 14.3. The monoisotopic (exact) mass is 755 g/mol. The van der Waals surface area contributed by atoms with E-state index in [0.29, 0.717) is 0 Å². The molecule has 0 aromatic heterocycles. The zero-order valence-corrected chi connectivity index (χ0v) is 38.3. The molecule has 0 N–H and O–H groups in total. The fourth-order valence-electron chi connectivity index (χ4n) is 10.3. The summed E-state index contributed by atoms with van der Waals surface area (Å²) in [7, 11) is 0. The molecular formula is C56H82. The van der Waals surface area contributed by atoms with E-state index >= 15 is 0 Å². The summed E-state index contributed by atoms with van der Waals surface area (Å²) in [5, 5.41) is 12.3. The number of unbranched alkanes of at least 4 members (excludes halogenated alkanes) is 8. The normalized spacial score (nSPS) is 12.0. The third kappa shape index (κ3) is 9.37. The minimum Gasteiger partial charge on any atom is -0.0654 e. The highest BCUT2D eigenvalue weighted by Gasteiger charge is 2.23. The zero-order chi connectivity index (χ0) is 40.2. The summed E-state index contributed by atoms with van der Waals surface area (Å²) in [6.07, 6.45) is 30.1. The topological polar surface area (TPSA) is 0 Å². The SMILES string of the molecule is CCCCc1c(CCCC)c(CCCC)c2cc3c(C)c4cc5c(CCCC)c(CCCC)c(CCCC)c(CCCC)c5cc4c(C)c3cc2c1CCCC. The zero-order valence-electron chi connectivity index (χ0n) is 38.3. The van der Waals surface area contributed by atoms with Crippen molar-refractivity contribution < 1.29 is 0 Å². The van der Waals surface area contributed by atoms with Gasteiger partial charge in [-0.15, -0.1) is 0 Å². The molecule has 0 fully saturated rings. The Morgan fingerprint density at radius 2 is 0.393 bits per heavy atom. The summed E-state index contributed by atoms with van der Waals surface area (Å²) in [4.78, 5) is 0. The van der Waals surface area contributed by atoms with Crippen molar-refractivity contribution in [3.8, 4) is 0 Å². The van der Waals surface area contributed by atoms with Gasteiger partial charge in [0.15, 0.2) is 0 Å². The van der Waals surface area contributed by atoms with E-state index in [-0.39, 0.29) is 0 Å². The van der Waals surface area contributed by atoms with Crippen LogP contribution in [0.25, 0.3) is 43.1 Å². The Hall–Kier alpha value is -2.86. The lowest BCUT2D eigenvalue weighted by molar-refractivity contribution is 0.724. The Bertz CT molecular complexity index is 1760. The number of hydrogen-bond acceptors (Lipinski definition) is 0. The highest BCUT2D eigenvalue weighted by molar-refractivity contribution is 6.14. The number of hydrogen-bond donors (Lipinski definition) is 0. The lowest BCUT2D eigenvalue weighted by Crippen LogP contribution is -2.09. The maximum atomic E-state index is 2.71. The predicted molar refractivity (Wildman–Crippen MR) is 255 cm³/mol. The van der Waals surface area contributed by atoms with Gasteiger partial charge in [-0.3, -0.25) is 0 Å². The first kappa shape index (κ1) is 44.2. The summed E-state index contributed by atoms with van der Waals surface area (Å²) in [5.74, 6) is 0. The molecule has 0 saturated carbocycles. The summed E-state index contributed by atoms with van der Waals surface area (Å²) < 4.78 is 0. The first-order valence-corrected chi connectivity index (χ1v) is 24.3. The largest absolute Gasteiger partial charge is 0.0654 e. The van der Waals surface area contributed by atoms with Crippen LogP contribution in [0.3, 0.4) is 0 Å². The lowest BCUT2D eigenvalue weighted by atomic mass is 9.79. The van der Waals surface area contributed by atoms with Gasteiger partial charge in [0.25, 0.3) is 0 Å². The Balaban J connectivity index is 1.97. The van der Waals surface area contributed by atoms with Gasteiger partial charge in [-0.2, -0.15) is 0 Å². The van der Waals surface area contributed by atoms with Gasteiger partial charge in [0.05, 0.1) is 0 Å². The highest BCUT2D eigenvalue weighted by Crippen LogP contribution is 2.44. The first-order valence-electron chi connectivity index (χ1n) is 24.3. The molecule has 0 heterocycles. The summed E-state index contributed by atoms with van der Waals surface area (Å²) in [6.45, 7) is 24.0. The van der Waals surface area contributed by atoms with Crippen LogP contribution >= 0.6 is 0 Å². The van der Waals surface area contributed by atoms with Crippen LogP contribution in [0.15, 0.2) is 24.3 Å². The molecule has 5 rings (SSSR count). The van der Waals surface area contributed by atoms with Gasteiger partial charge in [-0.25, -0.2) is 0 Å². The van der Waals surface area contributed by atoms with Crippen molar-refractivity contribution in [2.45, 2.75) is 223 Å². The van der Waals surface area contributed by atoms with Gasteiger partial charge in [-0.1, -0.05) is 107 Å². The van der Waals surface area contributed by atoms with Gasteiger partial charge >= 0.3 is 0 Å². The maximum absolute atomic E-state index is 2.71. The first-order chi connectivity index (χ1) is 27.3. The quantitative estimate of drug-likeness (QED) is 0.0550. The molecule has 56 heavy (non-hydrogen) atoms. The summed E-state index contributed by atoms with van der Waals surface area (Å²) in [5.41, 5.74) is 16.7. The van der Waals surface area contributed by atoms with E-state index in [0.717, 1.165) is 0 Å². The number of benzene rings is 5. The van der Waals surface area contributed by atoms with Gasteiger partial charge in [-0.05, 0) is 240 Å². The Morgan fingerprint density at radius 3 is 0.554 bits per heavy atom. The molecule has 0 amide bonds. The molecular weight excluding hydrogens is 673 g/mol. The van der Waals surface area contributed by atoms with Crippen LogP contribution < -0.4 is 0 Å². The van der Waals surface area contributed by atoms with Gasteiger partial charge in [0, 0.05) is 0 Å². The van der Waals surface area contributed by atoms with Crippen molar-refractivity contribution in [2.24, 2.45) is 0 Å². The fourth-order valence-corrected chi connectivity index (χ4v) is 10.3. The molecule has 5 aromatic rings. The Morgan fingerprint density at radius 1 is 0.232 bits per heavy atom. The van der Waals surface area contributed by atoms with Gasteiger partial charge in [0.2, 0.25) is 0 Å². The van der Waals surface area contributed by atoms with Crippen LogP contribution in [0.2, 0.25) is 0 Å². The van der Waals surface area contributed by atoms with Crippen LogP contribution in [0.5, 0.6) is 0 Å². The number of fused-ring (bicyclic) bond motifs is 4. The number of aryl methyl sites for hydroxylation is 6. The maximum Gasteiger partial charge on any atom is -0.0139 e. The standard InChI is InChI=1S/C56H82/c1-11-19-27-41-42(28-20-12-2)46(32-24-16-6)54-36-50-40(10)52-38-56-48(34-26-18-8)44(30-22-14-4)43(29-21-13-3)47(33-25-17-7)55(56)37-51(52)39(9)49(50)35-53(54)45(41)31-23-15-5/h35-38H,11-34H2,1-10H3. The molecule has 0 spiro atoms. The average Bonchev–Trinajstić information content (AvgIpc) is 3.21. The summed E-state index contributed by atoms with van der Waals surface area (Å²) >= 11 is 0. The molecule has 5 aromatic carbocycles. The lowest BCUT2D eigenvalue weighted by Gasteiger charge is -2.26. The predicted octanol–water partition coefficient (Wildman–Crippen LogP) is 17.7. The molecule has 0 nitrogen and oxygen atoms in total. The number of rotatable bonds is 24. The fraction of sp³-hybridized carbons (Fsp3) is 0.607. The Labute approximate surface area is 345 Å². The van der Waals surface area contributed by atoms with Crippen molar-refractivity contribution in [3.63, 3.8) is 0 Å². The molecule has 0 atom stereocenters. The van der Waals surface area contributed by atoms with Crippen LogP contribution in [0.1, 0.15) is 214 Å². The van der Waals surface area contributed by atoms with Crippen molar-refractivity contribution >= 4 is 43.1 Å². The second kappa shape index (κ2) is 21.8. The third-order valence-corrected chi connectivity index (χ3v) is 13.7. The van der Waals surface area contributed by atoms with E-state index in [1.54, 1.807) is 66.1 Å². The van der Waals surface area contributed by atoms with Crippen molar-refractivity contribution in [3.05, 3.63) is 79.9 Å². The van der Waals surface area contributed by atoms with E-state index in [1.165, 1.54) is 187 Å². The summed E-state index contributed by atoms with van der Waals surface area (Å²) in [6, 6.07) is 10.8. The van der Waals surface area contributed by atoms with Crippen LogP contribution in [0, 0.1) is 13.8 Å². The second-order valence-electron chi connectivity index (χ2n) is 17.8. The van der Waals surface area contributed by atoms with E-state index in [2.05, 4.69) is 93.5 Å². The minimum atomic E-state index is 1.21. The molecule has 0 radical (unpaired) electrons. The molecule has 0 aliphatic rings. The minimum absolute atomic E-state index is 1.21. The molecule has 0 unspecified atom stereocenters. The molecule has 0 aliphatic heterocycles. The Kier molecular flexibility index (Phi) is 17.2. The van der Waals surface area contributed by atoms with Crippen LogP contribution in [-0.4, -0.2) is 0 Å². The van der Waals surface area contributed by atoms with Crippen LogP contribution in [-0.2, 0) is 51.4 Å². The van der Waals surface area contributed by atoms with Crippen LogP contribution in [0.4, 0.5) is 0 Å². The van der Waals surface area contributed by atoms with Gasteiger partial charge < -0.3 is 0 Å². The molecule has 0 heteroatoms. The van der Waals surface area contributed by atoms with Gasteiger partial charge in [0.1, 0.15) is 0 Å². The smallest absolute Gasteiger partial charge is 0.0139 e. The van der Waals surface area contributed by atoms with E-state index in [4.69, 9.17) is 0 Å². The third-order valence-electron chi connectivity index (χ3n) is 13.7. The van der Waals surface area contributed by atoms with E-state index in [1.807, 2.05) is 0 Å². The molecule has 0 aliphatic carbocycles. The van der Waals surface area contributed by atoms with E-state index < -0.39 is 0 Å². The van der Waals surface area contributed by atoms with Crippen molar-refractivity contribution in [2.75, 3.05) is 0 Å². The van der Waals surface area contributed by atoms with E-state index in [9.17, 15) is 0 Å². The van der Waals surface area contributed by atoms with Crippen molar-refractivity contribution in [1.29, 1.82) is 0 Å². The molecule has 306 valence electrons. The molecule has 0 bridgehead atoms. The molecule has 0 saturated heterocycles. The second-order valence-corrected chi connectivity index (χ2v) is 17.8. The average molecular weight is 755 g/mol. The van der Waals surface area contributed by atoms with Crippen molar-refractivity contribution in [1.82, 2.24) is 0 Å².